The highest BCUT2D eigenvalue weighted by atomic mass is 16.3. The molecule has 5 nitrogen and oxygen atoms in total. The van der Waals surface area contributed by atoms with Gasteiger partial charge in [0.2, 0.25) is 0 Å². The Morgan fingerprint density at radius 1 is 0.413 bits per heavy atom. The van der Waals surface area contributed by atoms with E-state index in [4.69, 9.17) is 9.97 Å². The lowest BCUT2D eigenvalue weighted by atomic mass is 9.78. The molecule has 3 aromatic heterocycles. The fraction of sp³-hybridized carbons (Fsp3) is 0.171. The number of para-hydroxylation sites is 5. The Morgan fingerprint density at radius 2 is 1.07 bits per heavy atom. The third-order valence-electron chi connectivity index (χ3n) is 15.1. The molecule has 75 heavy (non-hydrogen) atoms. The maximum atomic E-state index is 12.4. The first-order valence-electron chi connectivity index (χ1n) is 26.2. The molecule has 0 saturated carbocycles. The molecular weight excluding hydrogens is 913 g/mol. The standard InChI is InChI=1S/C70H62N4O/c1-68(2,3)49-32-34-53-44(39-49)31-35-59(70(7,8)9)64(53)46-30-33-58(63(75)43-46)67-72-65-54(25-19-29-62(65)74(67)52-22-14-11-15-23-52)47-38-48(41-50(40-47)69(4,5)6)60-42-45(36-37-71-60)55-26-18-27-57-56-24-16-17-28-61(56)73(66(55)57)51-20-12-10-13-21-51/h10-43,75H,1-9H3. The number of aromatic nitrogens is 4. The van der Waals surface area contributed by atoms with Crippen LogP contribution < -0.4 is 0 Å². The van der Waals surface area contributed by atoms with Crippen molar-refractivity contribution in [2.24, 2.45) is 0 Å². The fourth-order valence-electron chi connectivity index (χ4n) is 11.2. The molecule has 3 heterocycles. The summed E-state index contributed by atoms with van der Waals surface area (Å²) in [5.41, 5.74) is 18.6. The normalized spacial score (nSPS) is 12.4. The maximum Gasteiger partial charge on any atom is 0.149 e. The van der Waals surface area contributed by atoms with Crippen molar-refractivity contribution in [2.75, 3.05) is 0 Å². The van der Waals surface area contributed by atoms with Crippen LogP contribution in [0.1, 0.15) is 79.0 Å². The highest BCUT2D eigenvalue weighted by Gasteiger charge is 2.26. The second-order valence-electron chi connectivity index (χ2n) is 23.3. The number of pyridine rings is 1. The Balaban J connectivity index is 1.01. The Labute approximate surface area is 440 Å². The number of phenolic OH excluding ortho intramolecular Hbond substituents is 1. The van der Waals surface area contributed by atoms with Gasteiger partial charge in [-0.2, -0.15) is 0 Å². The number of benzene rings is 9. The van der Waals surface area contributed by atoms with Crippen LogP contribution in [0.4, 0.5) is 0 Å². The first-order chi connectivity index (χ1) is 36.0. The van der Waals surface area contributed by atoms with Crippen LogP contribution in [0.2, 0.25) is 0 Å². The summed E-state index contributed by atoms with van der Waals surface area (Å²) >= 11 is 0. The van der Waals surface area contributed by atoms with Gasteiger partial charge in [0.1, 0.15) is 11.6 Å². The largest absolute Gasteiger partial charge is 0.507 e. The lowest BCUT2D eigenvalue weighted by Crippen LogP contribution is -2.14. The molecule has 368 valence electrons. The predicted octanol–water partition coefficient (Wildman–Crippen LogP) is 18.6. The molecule has 0 aliphatic rings. The second-order valence-corrected chi connectivity index (χ2v) is 23.3. The summed E-state index contributed by atoms with van der Waals surface area (Å²) in [4.78, 5) is 10.6. The summed E-state index contributed by atoms with van der Waals surface area (Å²) in [6, 6.07) is 71.6. The maximum absolute atomic E-state index is 12.4. The number of hydrogen-bond donors (Lipinski definition) is 1. The van der Waals surface area contributed by atoms with E-state index < -0.39 is 0 Å². The van der Waals surface area contributed by atoms with E-state index in [0.29, 0.717) is 11.4 Å². The average molecular weight is 975 g/mol. The van der Waals surface area contributed by atoms with Gasteiger partial charge in [0.15, 0.2) is 0 Å². The molecule has 0 atom stereocenters. The monoisotopic (exact) mass is 974 g/mol. The van der Waals surface area contributed by atoms with Crippen LogP contribution in [0.3, 0.4) is 0 Å². The zero-order chi connectivity index (χ0) is 52.0. The first kappa shape index (κ1) is 47.5. The van der Waals surface area contributed by atoms with Crippen molar-refractivity contribution < 1.29 is 5.11 Å². The number of hydrogen-bond acceptors (Lipinski definition) is 3. The zero-order valence-corrected chi connectivity index (χ0v) is 44.4. The molecule has 5 heteroatoms. The predicted molar refractivity (Wildman–Crippen MR) is 316 cm³/mol. The Bertz CT molecular complexity index is 4180. The summed E-state index contributed by atoms with van der Waals surface area (Å²) in [7, 11) is 0. The molecule has 9 aromatic carbocycles. The Morgan fingerprint density at radius 3 is 1.79 bits per heavy atom. The van der Waals surface area contributed by atoms with Crippen molar-refractivity contribution >= 4 is 43.6 Å². The minimum absolute atomic E-state index is 0.0196. The van der Waals surface area contributed by atoms with E-state index in [0.717, 1.165) is 67.0 Å². The molecule has 0 unspecified atom stereocenters. The van der Waals surface area contributed by atoms with Crippen LogP contribution in [0, 0.1) is 0 Å². The highest BCUT2D eigenvalue weighted by molar-refractivity contribution is 6.14. The Hall–Kier alpha value is -8.54. The van der Waals surface area contributed by atoms with Gasteiger partial charge in [0.25, 0.3) is 0 Å². The van der Waals surface area contributed by atoms with Gasteiger partial charge in [-0.3, -0.25) is 9.55 Å². The van der Waals surface area contributed by atoms with Gasteiger partial charge >= 0.3 is 0 Å². The quantitative estimate of drug-likeness (QED) is 0.173. The van der Waals surface area contributed by atoms with Gasteiger partial charge in [-0.25, -0.2) is 4.98 Å². The molecule has 12 rings (SSSR count). The van der Waals surface area contributed by atoms with Crippen molar-refractivity contribution in [3.63, 3.8) is 0 Å². The third-order valence-corrected chi connectivity index (χ3v) is 15.1. The topological polar surface area (TPSA) is 55.9 Å². The van der Waals surface area contributed by atoms with E-state index in [9.17, 15) is 5.11 Å². The summed E-state index contributed by atoms with van der Waals surface area (Å²) < 4.78 is 4.58. The molecule has 0 spiro atoms. The van der Waals surface area contributed by atoms with E-state index >= 15 is 0 Å². The molecular formula is C70H62N4O. The number of fused-ring (bicyclic) bond motifs is 5. The van der Waals surface area contributed by atoms with Crippen LogP contribution in [0.5, 0.6) is 5.75 Å². The third kappa shape index (κ3) is 8.37. The van der Waals surface area contributed by atoms with Crippen LogP contribution in [0.25, 0.3) is 111 Å². The van der Waals surface area contributed by atoms with Crippen molar-refractivity contribution in [3.05, 3.63) is 223 Å². The molecule has 1 N–H and O–H groups in total. The molecule has 0 aliphatic carbocycles. The van der Waals surface area contributed by atoms with Crippen molar-refractivity contribution in [2.45, 2.75) is 78.6 Å². The minimum Gasteiger partial charge on any atom is -0.507 e. The Kier molecular flexibility index (Phi) is 11.3. The van der Waals surface area contributed by atoms with Gasteiger partial charge in [-0.15, -0.1) is 0 Å². The average Bonchev–Trinajstić information content (AvgIpc) is 3.97. The van der Waals surface area contributed by atoms with Crippen LogP contribution >= 0.6 is 0 Å². The SMILES string of the molecule is CC(C)(C)c1cc(-c2cc(-c3cccc4c5ccccc5n(-c5ccccc5)c34)ccn2)cc(-c2cccc3c2nc(-c2ccc(-c4c(C(C)(C)C)ccc5cc(C(C)(C)C)ccc45)cc2O)n3-c2ccccc2)c1. The molecule has 0 amide bonds. The number of rotatable bonds is 7. The van der Waals surface area contributed by atoms with Crippen molar-refractivity contribution in [1.82, 2.24) is 19.1 Å². The molecule has 0 saturated heterocycles. The lowest BCUT2D eigenvalue weighted by Gasteiger charge is -2.26. The van der Waals surface area contributed by atoms with E-state index in [2.05, 4.69) is 260 Å². The molecule has 0 bridgehead atoms. The highest BCUT2D eigenvalue weighted by Crippen LogP contribution is 2.45. The molecule has 0 radical (unpaired) electrons. The van der Waals surface area contributed by atoms with Gasteiger partial charge in [-0.1, -0.05) is 190 Å². The minimum atomic E-state index is -0.174. The van der Waals surface area contributed by atoms with Gasteiger partial charge in [-0.05, 0) is 139 Å². The summed E-state index contributed by atoms with van der Waals surface area (Å²) in [5.74, 6) is 0.840. The number of nitrogens with zero attached hydrogens (tertiary/aromatic N) is 4. The van der Waals surface area contributed by atoms with Crippen molar-refractivity contribution in [3.8, 4) is 73.2 Å². The van der Waals surface area contributed by atoms with Gasteiger partial charge < -0.3 is 9.67 Å². The molecule has 0 fully saturated rings. The van der Waals surface area contributed by atoms with Crippen molar-refractivity contribution in [1.29, 1.82) is 0 Å². The second kappa shape index (κ2) is 17.8. The lowest BCUT2D eigenvalue weighted by molar-refractivity contribution is 0.477. The van der Waals surface area contributed by atoms with E-state index in [1.54, 1.807) is 0 Å². The summed E-state index contributed by atoms with van der Waals surface area (Å²) in [6.45, 7) is 20.4. The van der Waals surface area contributed by atoms with Gasteiger partial charge in [0.05, 0.1) is 33.3 Å². The smallest absolute Gasteiger partial charge is 0.149 e. The number of aromatic hydroxyl groups is 1. The molecule has 12 aromatic rings. The summed E-state index contributed by atoms with van der Waals surface area (Å²) in [5, 5.41) is 17.2. The van der Waals surface area contributed by atoms with Gasteiger partial charge in [0, 0.05) is 45.0 Å². The zero-order valence-electron chi connectivity index (χ0n) is 44.4. The fourth-order valence-corrected chi connectivity index (χ4v) is 11.2. The number of phenols is 1. The molecule has 0 aliphatic heterocycles. The van der Waals surface area contributed by atoms with Crippen LogP contribution in [0.15, 0.2) is 206 Å². The van der Waals surface area contributed by atoms with Crippen LogP contribution in [-0.2, 0) is 16.2 Å². The van der Waals surface area contributed by atoms with E-state index in [-0.39, 0.29) is 22.0 Å². The first-order valence-corrected chi connectivity index (χ1v) is 26.2. The van der Waals surface area contributed by atoms with E-state index in [1.165, 1.54) is 49.3 Å². The number of imidazole rings is 1. The van der Waals surface area contributed by atoms with Crippen LogP contribution in [-0.4, -0.2) is 24.2 Å². The summed E-state index contributed by atoms with van der Waals surface area (Å²) in [6.07, 6.45) is 1.95. The van der Waals surface area contributed by atoms with E-state index in [1.807, 2.05) is 18.3 Å².